The number of imidazole rings is 1. The van der Waals surface area contributed by atoms with E-state index in [-0.39, 0.29) is 12.2 Å². The highest BCUT2D eigenvalue weighted by molar-refractivity contribution is 5.29. The third-order valence-electron chi connectivity index (χ3n) is 2.44. The number of benzene rings is 1. The van der Waals surface area contributed by atoms with Crippen LogP contribution in [0.1, 0.15) is 17.5 Å². The summed E-state index contributed by atoms with van der Waals surface area (Å²) in [5.41, 5.74) is 0.492. The molecule has 19 heavy (non-hydrogen) atoms. The van der Waals surface area contributed by atoms with Crippen LogP contribution in [0, 0.1) is 0 Å². The molecule has 1 heterocycles. The Hall–Kier alpha value is -2.02. The quantitative estimate of drug-likeness (QED) is 0.899. The first kappa shape index (κ1) is 13.4. The molecule has 0 aliphatic rings. The van der Waals surface area contributed by atoms with E-state index in [0.29, 0.717) is 11.4 Å². The fraction of sp³-hybridized carbons (Fsp3) is 0.250. The Labute approximate surface area is 106 Å². The lowest BCUT2D eigenvalue weighted by molar-refractivity contribution is -0.274. The van der Waals surface area contributed by atoms with E-state index in [1.807, 2.05) is 0 Å². The molecule has 0 saturated heterocycles. The van der Waals surface area contributed by atoms with Gasteiger partial charge in [0.1, 0.15) is 11.6 Å². The van der Waals surface area contributed by atoms with Crippen LogP contribution >= 0.6 is 0 Å². The fourth-order valence-corrected chi connectivity index (χ4v) is 1.60. The van der Waals surface area contributed by atoms with E-state index in [4.69, 9.17) is 0 Å². The average Bonchev–Trinajstić information content (AvgIpc) is 2.80. The van der Waals surface area contributed by atoms with Crippen molar-refractivity contribution in [1.29, 1.82) is 0 Å². The first-order chi connectivity index (χ1) is 8.94. The topological polar surface area (TPSA) is 58.1 Å². The van der Waals surface area contributed by atoms with E-state index in [1.54, 1.807) is 12.4 Å². The molecular formula is C12H11F3N2O2. The van der Waals surface area contributed by atoms with Gasteiger partial charge in [-0.15, -0.1) is 13.2 Å². The molecule has 2 N–H and O–H groups in total. The van der Waals surface area contributed by atoms with Crippen LogP contribution < -0.4 is 4.74 Å². The van der Waals surface area contributed by atoms with Gasteiger partial charge in [0, 0.05) is 18.8 Å². The predicted molar refractivity (Wildman–Crippen MR) is 60.4 cm³/mol. The minimum Gasteiger partial charge on any atom is -0.406 e. The summed E-state index contributed by atoms with van der Waals surface area (Å²) in [6.45, 7) is 0. The van der Waals surface area contributed by atoms with Gasteiger partial charge >= 0.3 is 6.36 Å². The molecule has 102 valence electrons. The molecular weight excluding hydrogens is 261 g/mol. The van der Waals surface area contributed by atoms with Gasteiger partial charge in [0.2, 0.25) is 0 Å². The summed E-state index contributed by atoms with van der Waals surface area (Å²) in [7, 11) is 0. The SMILES string of the molecule is OC(Cc1ncc[nH]1)c1ccc(OC(F)(F)F)cc1. The number of aliphatic hydroxyl groups is 1. The summed E-state index contributed by atoms with van der Waals surface area (Å²) in [5.74, 6) is 0.282. The summed E-state index contributed by atoms with van der Waals surface area (Å²) >= 11 is 0. The number of halogens is 3. The predicted octanol–water partition coefficient (Wildman–Crippen LogP) is 2.58. The van der Waals surface area contributed by atoms with Crippen LogP contribution in [0.25, 0.3) is 0 Å². The van der Waals surface area contributed by atoms with Gasteiger partial charge in [-0.1, -0.05) is 12.1 Å². The van der Waals surface area contributed by atoms with Gasteiger partial charge in [0.25, 0.3) is 0 Å². The summed E-state index contributed by atoms with van der Waals surface area (Å²) in [5, 5.41) is 9.89. The molecule has 0 amide bonds. The van der Waals surface area contributed by atoms with Gasteiger partial charge in [-0.05, 0) is 17.7 Å². The summed E-state index contributed by atoms with van der Waals surface area (Å²) in [4.78, 5) is 6.79. The minimum absolute atomic E-state index is 0.256. The number of rotatable bonds is 4. The maximum absolute atomic E-state index is 12.0. The van der Waals surface area contributed by atoms with Crippen LogP contribution in [0.4, 0.5) is 13.2 Å². The molecule has 0 radical (unpaired) electrons. The van der Waals surface area contributed by atoms with Gasteiger partial charge < -0.3 is 14.8 Å². The largest absolute Gasteiger partial charge is 0.573 e. The van der Waals surface area contributed by atoms with Crippen LogP contribution in [0.3, 0.4) is 0 Å². The van der Waals surface area contributed by atoms with E-state index in [1.165, 1.54) is 12.1 Å². The van der Waals surface area contributed by atoms with Crippen molar-refractivity contribution in [3.05, 3.63) is 48.0 Å². The molecule has 2 rings (SSSR count). The maximum atomic E-state index is 12.0. The molecule has 0 saturated carbocycles. The number of nitrogens with zero attached hydrogens (tertiary/aromatic N) is 1. The Kier molecular flexibility index (Phi) is 3.75. The van der Waals surface area contributed by atoms with Crippen molar-refractivity contribution in [3.63, 3.8) is 0 Å². The maximum Gasteiger partial charge on any atom is 0.573 e. The second-order valence-corrected chi connectivity index (χ2v) is 3.87. The highest BCUT2D eigenvalue weighted by Crippen LogP contribution is 2.25. The van der Waals surface area contributed by atoms with Crippen LogP contribution in [-0.4, -0.2) is 21.4 Å². The van der Waals surface area contributed by atoms with Crippen molar-refractivity contribution in [3.8, 4) is 5.75 Å². The van der Waals surface area contributed by atoms with Crippen molar-refractivity contribution >= 4 is 0 Å². The molecule has 1 unspecified atom stereocenters. The third kappa shape index (κ3) is 3.99. The van der Waals surface area contributed by atoms with Crippen LogP contribution in [0.15, 0.2) is 36.7 Å². The molecule has 0 fully saturated rings. The lowest BCUT2D eigenvalue weighted by Crippen LogP contribution is -2.17. The molecule has 0 aliphatic heterocycles. The number of aromatic amines is 1. The van der Waals surface area contributed by atoms with Gasteiger partial charge in [0.15, 0.2) is 0 Å². The number of H-pyrrole nitrogens is 1. The molecule has 0 bridgehead atoms. The Morgan fingerprint density at radius 1 is 1.26 bits per heavy atom. The molecule has 1 atom stereocenters. The highest BCUT2D eigenvalue weighted by atomic mass is 19.4. The monoisotopic (exact) mass is 272 g/mol. The molecule has 2 aromatic rings. The Morgan fingerprint density at radius 2 is 1.95 bits per heavy atom. The Bertz CT molecular complexity index is 509. The van der Waals surface area contributed by atoms with Crippen LogP contribution in [0.2, 0.25) is 0 Å². The minimum atomic E-state index is -4.71. The number of aromatic nitrogens is 2. The average molecular weight is 272 g/mol. The van der Waals surface area contributed by atoms with Gasteiger partial charge in [-0.3, -0.25) is 0 Å². The van der Waals surface area contributed by atoms with E-state index in [2.05, 4.69) is 14.7 Å². The lowest BCUT2D eigenvalue weighted by atomic mass is 10.1. The van der Waals surface area contributed by atoms with Crippen molar-refractivity contribution in [2.75, 3.05) is 0 Å². The Balaban J connectivity index is 2.01. The fourth-order valence-electron chi connectivity index (χ4n) is 1.60. The molecule has 4 nitrogen and oxygen atoms in total. The zero-order chi connectivity index (χ0) is 13.9. The molecule has 7 heteroatoms. The zero-order valence-electron chi connectivity index (χ0n) is 9.69. The van der Waals surface area contributed by atoms with Crippen molar-refractivity contribution in [2.24, 2.45) is 0 Å². The first-order valence-corrected chi connectivity index (χ1v) is 5.46. The standard InChI is InChI=1S/C12H11F3N2O2/c13-12(14,15)19-9-3-1-8(2-4-9)10(18)7-11-16-5-6-17-11/h1-6,10,18H,7H2,(H,16,17). The summed E-state index contributed by atoms with van der Waals surface area (Å²) < 4.78 is 39.6. The summed E-state index contributed by atoms with van der Waals surface area (Å²) in [6, 6.07) is 5.09. The van der Waals surface area contributed by atoms with Crippen molar-refractivity contribution in [1.82, 2.24) is 9.97 Å². The smallest absolute Gasteiger partial charge is 0.406 e. The van der Waals surface area contributed by atoms with Crippen LogP contribution in [-0.2, 0) is 6.42 Å². The van der Waals surface area contributed by atoms with E-state index >= 15 is 0 Å². The number of ether oxygens (including phenoxy) is 1. The highest BCUT2D eigenvalue weighted by Gasteiger charge is 2.31. The lowest BCUT2D eigenvalue weighted by Gasteiger charge is -2.12. The second kappa shape index (κ2) is 5.31. The van der Waals surface area contributed by atoms with Gasteiger partial charge in [0.05, 0.1) is 6.10 Å². The number of aliphatic hydroxyl groups excluding tert-OH is 1. The Morgan fingerprint density at radius 3 is 2.47 bits per heavy atom. The molecule has 1 aromatic heterocycles. The van der Waals surface area contributed by atoms with E-state index in [9.17, 15) is 18.3 Å². The van der Waals surface area contributed by atoms with E-state index < -0.39 is 12.5 Å². The van der Waals surface area contributed by atoms with Crippen LogP contribution in [0.5, 0.6) is 5.75 Å². The molecule has 1 aromatic carbocycles. The third-order valence-corrected chi connectivity index (χ3v) is 2.44. The normalized spacial score (nSPS) is 13.3. The van der Waals surface area contributed by atoms with Gasteiger partial charge in [-0.2, -0.15) is 0 Å². The van der Waals surface area contributed by atoms with Gasteiger partial charge in [-0.25, -0.2) is 4.98 Å². The second-order valence-electron chi connectivity index (χ2n) is 3.87. The zero-order valence-corrected chi connectivity index (χ0v) is 9.69. The number of alkyl halides is 3. The molecule has 0 aliphatic carbocycles. The van der Waals surface area contributed by atoms with E-state index in [0.717, 1.165) is 12.1 Å². The summed E-state index contributed by atoms with van der Waals surface area (Å²) in [6.07, 6.45) is -2.11. The number of hydrogen-bond acceptors (Lipinski definition) is 3. The molecule has 0 spiro atoms. The van der Waals surface area contributed by atoms with Crippen molar-refractivity contribution in [2.45, 2.75) is 18.9 Å². The van der Waals surface area contributed by atoms with Crippen molar-refractivity contribution < 1.29 is 23.0 Å². The first-order valence-electron chi connectivity index (χ1n) is 5.46. The number of hydrogen-bond donors (Lipinski definition) is 2. The number of nitrogens with one attached hydrogen (secondary N) is 1.